The van der Waals surface area contributed by atoms with Crippen molar-refractivity contribution < 1.29 is 9.53 Å². The number of hydrogen-bond donors (Lipinski definition) is 1. The van der Waals surface area contributed by atoms with Gasteiger partial charge in [-0.05, 0) is 43.5 Å². The van der Waals surface area contributed by atoms with E-state index in [0.29, 0.717) is 12.3 Å². The van der Waals surface area contributed by atoms with E-state index >= 15 is 0 Å². The molecular formula is C16H24N2O2S. The van der Waals surface area contributed by atoms with Gasteiger partial charge in [0, 0.05) is 19.5 Å². The van der Waals surface area contributed by atoms with Crippen LogP contribution in [0.15, 0.2) is 24.3 Å². The molecule has 4 nitrogen and oxygen atoms in total. The van der Waals surface area contributed by atoms with Crippen LogP contribution >= 0.6 is 12.6 Å². The topological polar surface area (TPSA) is 32.8 Å². The molecule has 2 atom stereocenters. The first-order valence-corrected chi connectivity index (χ1v) is 7.87. The average Bonchev–Trinajstić information content (AvgIpc) is 2.85. The molecule has 2 unspecified atom stereocenters. The highest BCUT2D eigenvalue weighted by atomic mass is 32.1. The van der Waals surface area contributed by atoms with Crippen LogP contribution in [-0.4, -0.2) is 55.8 Å². The molecule has 1 fully saturated rings. The lowest BCUT2D eigenvalue weighted by Gasteiger charge is -2.29. The van der Waals surface area contributed by atoms with Crippen molar-refractivity contribution >= 4 is 18.5 Å². The van der Waals surface area contributed by atoms with Crippen LogP contribution in [0.2, 0.25) is 0 Å². The van der Waals surface area contributed by atoms with Crippen molar-refractivity contribution in [1.29, 1.82) is 0 Å². The Labute approximate surface area is 132 Å². The Kier molecular flexibility index (Phi) is 5.53. The molecule has 0 N–H and O–H groups in total. The lowest BCUT2D eigenvalue weighted by atomic mass is 10.1. The van der Waals surface area contributed by atoms with Gasteiger partial charge < -0.3 is 14.5 Å². The molecule has 1 heterocycles. The fourth-order valence-corrected chi connectivity index (χ4v) is 3.00. The second-order valence-corrected chi connectivity index (χ2v) is 6.17. The zero-order chi connectivity index (χ0) is 15.4. The van der Waals surface area contributed by atoms with E-state index in [1.165, 1.54) is 5.56 Å². The summed E-state index contributed by atoms with van der Waals surface area (Å²) in [5, 5.41) is 0. The van der Waals surface area contributed by atoms with Crippen molar-refractivity contribution in [3.05, 3.63) is 29.8 Å². The molecule has 2 rings (SSSR count). The minimum Gasteiger partial charge on any atom is -0.497 e. The summed E-state index contributed by atoms with van der Waals surface area (Å²) in [6.07, 6.45) is 0.631. The summed E-state index contributed by atoms with van der Waals surface area (Å²) < 4.78 is 5.20. The number of likely N-dealkylation sites (N-methyl/N-ethyl adjacent to an activating group) is 1. The normalized spacial score (nSPS) is 20.1. The van der Waals surface area contributed by atoms with Crippen molar-refractivity contribution in [2.24, 2.45) is 5.92 Å². The quantitative estimate of drug-likeness (QED) is 0.817. The van der Waals surface area contributed by atoms with Crippen LogP contribution in [0.4, 0.5) is 0 Å². The summed E-state index contributed by atoms with van der Waals surface area (Å²) in [6.45, 7) is 1.55. The van der Waals surface area contributed by atoms with Gasteiger partial charge in [0.15, 0.2) is 0 Å². The van der Waals surface area contributed by atoms with Crippen molar-refractivity contribution in [2.45, 2.75) is 12.5 Å². The second-order valence-electron chi connectivity index (χ2n) is 5.80. The summed E-state index contributed by atoms with van der Waals surface area (Å²) in [5.41, 5.74) is 1.20. The summed E-state index contributed by atoms with van der Waals surface area (Å²) in [5.74, 6) is 2.26. The lowest BCUT2D eigenvalue weighted by molar-refractivity contribution is -0.128. The SMILES string of the molecule is COc1ccc(C(CN2CC(CS)CC2=O)N(C)C)cc1. The van der Waals surface area contributed by atoms with Crippen molar-refractivity contribution in [1.82, 2.24) is 9.80 Å². The molecule has 0 aromatic heterocycles. The van der Waals surface area contributed by atoms with Crippen LogP contribution in [0.3, 0.4) is 0 Å². The molecule has 1 aliphatic rings. The first-order chi connectivity index (χ1) is 10.0. The van der Waals surface area contributed by atoms with Gasteiger partial charge in [0.1, 0.15) is 5.75 Å². The van der Waals surface area contributed by atoms with Crippen LogP contribution in [0.5, 0.6) is 5.75 Å². The minimum absolute atomic E-state index is 0.193. The third-order valence-corrected chi connectivity index (χ3v) is 4.59. The second kappa shape index (κ2) is 7.18. The van der Waals surface area contributed by atoms with E-state index in [-0.39, 0.29) is 11.9 Å². The molecule has 5 heteroatoms. The predicted molar refractivity (Wildman–Crippen MR) is 88.0 cm³/mol. The van der Waals surface area contributed by atoms with Gasteiger partial charge in [-0.15, -0.1) is 0 Å². The fraction of sp³-hybridized carbons (Fsp3) is 0.562. The molecule has 21 heavy (non-hydrogen) atoms. The van der Waals surface area contributed by atoms with E-state index in [2.05, 4.69) is 29.7 Å². The van der Waals surface area contributed by atoms with Crippen molar-refractivity contribution in [2.75, 3.05) is 40.0 Å². The van der Waals surface area contributed by atoms with Gasteiger partial charge in [-0.2, -0.15) is 12.6 Å². The third-order valence-electron chi connectivity index (χ3n) is 4.07. The summed E-state index contributed by atoms with van der Waals surface area (Å²) in [7, 11) is 5.76. The molecule has 1 amide bonds. The van der Waals surface area contributed by atoms with E-state index in [1.54, 1.807) is 7.11 Å². The largest absolute Gasteiger partial charge is 0.497 e. The minimum atomic E-state index is 0.193. The standard InChI is InChI=1S/C16H24N2O2S/c1-17(2)15(13-4-6-14(20-3)7-5-13)10-18-9-12(11-21)8-16(18)19/h4-7,12,15,21H,8-11H2,1-3H3. The number of likely N-dealkylation sites (tertiary alicyclic amines) is 1. The molecule has 116 valence electrons. The van der Waals surface area contributed by atoms with Gasteiger partial charge in [0.05, 0.1) is 13.2 Å². The van der Waals surface area contributed by atoms with Gasteiger partial charge in [-0.25, -0.2) is 0 Å². The monoisotopic (exact) mass is 308 g/mol. The molecule has 0 aliphatic carbocycles. The number of benzene rings is 1. The molecule has 0 radical (unpaired) electrons. The van der Waals surface area contributed by atoms with Crippen LogP contribution in [-0.2, 0) is 4.79 Å². The van der Waals surface area contributed by atoms with Crippen LogP contribution < -0.4 is 4.74 Å². The number of ether oxygens (including phenoxy) is 1. The van der Waals surface area contributed by atoms with E-state index in [4.69, 9.17) is 4.74 Å². The van der Waals surface area contributed by atoms with Gasteiger partial charge in [-0.3, -0.25) is 4.79 Å². The molecule has 0 saturated carbocycles. The van der Waals surface area contributed by atoms with Crippen molar-refractivity contribution in [3.8, 4) is 5.75 Å². The van der Waals surface area contributed by atoms with E-state index in [1.807, 2.05) is 31.1 Å². The highest BCUT2D eigenvalue weighted by molar-refractivity contribution is 7.80. The number of thiol groups is 1. The summed E-state index contributed by atoms with van der Waals surface area (Å²) >= 11 is 4.32. The Balaban J connectivity index is 2.10. The lowest BCUT2D eigenvalue weighted by Crippen LogP contribution is -2.35. The maximum Gasteiger partial charge on any atom is 0.223 e. The smallest absolute Gasteiger partial charge is 0.223 e. The number of hydrogen-bond acceptors (Lipinski definition) is 4. The maximum atomic E-state index is 12.1. The van der Waals surface area contributed by atoms with Gasteiger partial charge in [0.25, 0.3) is 0 Å². The Hall–Kier alpha value is -1.20. The van der Waals surface area contributed by atoms with Crippen LogP contribution in [0.25, 0.3) is 0 Å². The fourth-order valence-electron chi connectivity index (χ4n) is 2.75. The zero-order valence-corrected chi connectivity index (χ0v) is 13.8. The Morgan fingerprint density at radius 2 is 2.05 bits per heavy atom. The number of carbonyl (C=O) groups excluding carboxylic acids is 1. The van der Waals surface area contributed by atoms with E-state index < -0.39 is 0 Å². The number of carbonyl (C=O) groups is 1. The Bertz CT molecular complexity index is 476. The number of methoxy groups -OCH3 is 1. The highest BCUT2D eigenvalue weighted by Gasteiger charge is 2.31. The van der Waals surface area contributed by atoms with Gasteiger partial charge in [-0.1, -0.05) is 12.1 Å². The Morgan fingerprint density at radius 1 is 1.38 bits per heavy atom. The van der Waals surface area contributed by atoms with Gasteiger partial charge in [0.2, 0.25) is 5.91 Å². The van der Waals surface area contributed by atoms with E-state index in [0.717, 1.165) is 24.6 Å². The number of amides is 1. The van der Waals surface area contributed by atoms with Crippen LogP contribution in [0, 0.1) is 5.92 Å². The molecular weight excluding hydrogens is 284 g/mol. The number of nitrogens with zero attached hydrogens (tertiary/aromatic N) is 2. The number of rotatable bonds is 6. The van der Waals surface area contributed by atoms with Crippen LogP contribution in [0.1, 0.15) is 18.0 Å². The first kappa shape index (κ1) is 16.2. The van der Waals surface area contributed by atoms with Gasteiger partial charge >= 0.3 is 0 Å². The molecule has 0 bridgehead atoms. The average molecular weight is 308 g/mol. The van der Waals surface area contributed by atoms with Crippen molar-refractivity contribution in [3.63, 3.8) is 0 Å². The molecule has 1 aromatic rings. The summed E-state index contributed by atoms with van der Waals surface area (Å²) in [4.78, 5) is 16.2. The molecule has 0 spiro atoms. The van der Waals surface area contributed by atoms with E-state index in [9.17, 15) is 4.79 Å². The zero-order valence-electron chi connectivity index (χ0n) is 13.0. The maximum absolute atomic E-state index is 12.1. The highest BCUT2D eigenvalue weighted by Crippen LogP contribution is 2.26. The third kappa shape index (κ3) is 3.92. The molecule has 1 saturated heterocycles. The molecule has 1 aliphatic heterocycles. The first-order valence-electron chi connectivity index (χ1n) is 7.24. The molecule has 1 aromatic carbocycles. The summed E-state index contributed by atoms with van der Waals surface area (Å²) in [6, 6.07) is 8.27. The predicted octanol–water partition coefficient (Wildman–Crippen LogP) is 2.08. The Morgan fingerprint density at radius 3 is 2.52 bits per heavy atom.